The summed E-state index contributed by atoms with van der Waals surface area (Å²) in [5, 5.41) is 9.39. The number of Topliss-reactive ketones (excluding diaryl/α,β-unsaturated/α-hetero) is 1. The van der Waals surface area contributed by atoms with E-state index in [0.29, 0.717) is 27.6 Å². The summed E-state index contributed by atoms with van der Waals surface area (Å²) in [6, 6.07) is 11.7. The van der Waals surface area contributed by atoms with Gasteiger partial charge in [-0.3, -0.25) is 4.79 Å². The van der Waals surface area contributed by atoms with Crippen LogP contribution in [0.5, 0.6) is 11.5 Å². The van der Waals surface area contributed by atoms with Crippen molar-refractivity contribution in [3.05, 3.63) is 64.4 Å². The van der Waals surface area contributed by atoms with Gasteiger partial charge in [0.15, 0.2) is 11.9 Å². The molecule has 3 rings (SSSR count). The van der Waals surface area contributed by atoms with Gasteiger partial charge < -0.3 is 14.6 Å². The topological polar surface area (TPSA) is 72.8 Å². The Morgan fingerprint density at radius 2 is 2.04 bits per heavy atom. The Labute approximate surface area is 143 Å². The zero-order valence-electron chi connectivity index (χ0n) is 12.7. The van der Waals surface area contributed by atoms with Crippen LogP contribution in [0.4, 0.5) is 0 Å². The quantitative estimate of drug-likeness (QED) is 0.854. The summed E-state index contributed by atoms with van der Waals surface area (Å²) >= 11 is 6.09. The third-order valence-electron chi connectivity index (χ3n) is 3.49. The molecular formula is C18H13ClO5. The Kier molecular flexibility index (Phi) is 4.27. The summed E-state index contributed by atoms with van der Waals surface area (Å²) in [7, 11) is 0. The van der Waals surface area contributed by atoms with E-state index in [1.54, 1.807) is 30.3 Å². The van der Waals surface area contributed by atoms with Crippen LogP contribution in [0.25, 0.3) is 6.08 Å². The van der Waals surface area contributed by atoms with Crippen LogP contribution in [0.15, 0.2) is 48.2 Å². The first-order valence-corrected chi connectivity index (χ1v) is 7.56. The van der Waals surface area contributed by atoms with Crippen molar-refractivity contribution >= 4 is 29.4 Å². The number of benzene rings is 2. The number of carbonyl (C=O) groups excluding carboxylic acids is 1. The molecule has 0 amide bonds. The second-order valence-corrected chi connectivity index (χ2v) is 5.62. The normalized spacial score (nSPS) is 15.8. The number of aliphatic carboxylic acids is 1. The molecule has 2 aromatic carbocycles. The van der Waals surface area contributed by atoms with Crippen LogP contribution in [0.3, 0.4) is 0 Å². The Morgan fingerprint density at radius 1 is 1.29 bits per heavy atom. The fourth-order valence-electron chi connectivity index (χ4n) is 2.23. The maximum atomic E-state index is 12.4. The van der Waals surface area contributed by atoms with Gasteiger partial charge in [-0.1, -0.05) is 29.8 Å². The number of hydrogen-bond donors (Lipinski definition) is 1. The molecule has 0 fully saturated rings. The molecule has 6 heteroatoms. The first kappa shape index (κ1) is 16.1. The molecule has 24 heavy (non-hydrogen) atoms. The van der Waals surface area contributed by atoms with Crippen molar-refractivity contribution in [1.82, 2.24) is 0 Å². The van der Waals surface area contributed by atoms with Gasteiger partial charge in [0, 0.05) is 11.1 Å². The molecule has 1 atom stereocenters. The number of carbonyl (C=O) groups is 2. The van der Waals surface area contributed by atoms with Crippen LogP contribution in [0, 0.1) is 0 Å². The van der Waals surface area contributed by atoms with E-state index < -0.39 is 12.1 Å². The van der Waals surface area contributed by atoms with E-state index in [1.807, 2.05) is 6.07 Å². The lowest BCUT2D eigenvalue weighted by atomic mass is 10.1. The van der Waals surface area contributed by atoms with Crippen molar-refractivity contribution in [3.63, 3.8) is 0 Å². The van der Waals surface area contributed by atoms with Gasteiger partial charge >= 0.3 is 5.97 Å². The lowest BCUT2D eigenvalue weighted by molar-refractivity contribution is -0.144. The van der Waals surface area contributed by atoms with Crippen molar-refractivity contribution in [2.45, 2.75) is 13.0 Å². The standard InChI is InChI=1S/C18H13ClO5/c1-10(18(21)22)23-12-6-7-13-15(9-12)24-16(17(13)20)8-11-4-2-3-5-14(11)19/h2-10H,1H3,(H,21,22)/b16-8-/t10-/m1/s1. The predicted molar refractivity (Wildman–Crippen MR) is 88.6 cm³/mol. The highest BCUT2D eigenvalue weighted by molar-refractivity contribution is 6.32. The molecule has 0 unspecified atom stereocenters. The summed E-state index contributed by atoms with van der Waals surface area (Å²) in [5.41, 5.74) is 1.06. The first-order valence-electron chi connectivity index (χ1n) is 7.18. The van der Waals surface area contributed by atoms with Crippen molar-refractivity contribution in [2.24, 2.45) is 0 Å². The van der Waals surface area contributed by atoms with Gasteiger partial charge in [0.2, 0.25) is 5.78 Å². The molecule has 1 N–H and O–H groups in total. The predicted octanol–water partition coefficient (Wildman–Crippen LogP) is 3.81. The summed E-state index contributed by atoms with van der Waals surface area (Å²) in [4.78, 5) is 23.2. The second kappa shape index (κ2) is 6.37. The Hall–Kier alpha value is -2.79. The van der Waals surface area contributed by atoms with Crippen molar-refractivity contribution < 1.29 is 24.2 Å². The van der Waals surface area contributed by atoms with Crippen LogP contribution in [-0.4, -0.2) is 23.0 Å². The fourth-order valence-corrected chi connectivity index (χ4v) is 2.42. The third kappa shape index (κ3) is 3.12. The molecule has 2 aromatic rings. The Morgan fingerprint density at radius 3 is 2.75 bits per heavy atom. The second-order valence-electron chi connectivity index (χ2n) is 5.22. The smallest absolute Gasteiger partial charge is 0.344 e. The highest BCUT2D eigenvalue weighted by Crippen LogP contribution is 2.35. The fraction of sp³-hybridized carbons (Fsp3) is 0.111. The third-order valence-corrected chi connectivity index (χ3v) is 3.84. The largest absolute Gasteiger partial charge is 0.479 e. The molecule has 0 radical (unpaired) electrons. The molecule has 0 saturated carbocycles. The van der Waals surface area contributed by atoms with Crippen LogP contribution in [0.2, 0.25) is 5.02 Å². The molecule has 1 heterocycles. The van der Waals surface area contributed by atoms with E-state index in [2.05, 4.69) is 0 Å². The number of rotatable bonds is 4. The van der Waals surface area contributed by atoms with Crippen LogP contribution in [-0.2, 0) is 4.79 Å². The molecule has 0 saturated heterocycles. The van der Waals surface area contributed by atoms with E-state index in [4.69, 9.17) is 26.2 Å². The molecule has 0 bridgehead atoms. The van der Waals surface area contributed by atoms with Crippen molar-refractivity contribution in [3.8, 4) is 11.5 Å². The monoisotopic (exact) mass is 344 g/mol. The van der Waals surface area contributed by atoms with Gasteiger partial charge in [-0.05, 0) is 36.8 Å². The number of hydrogen-bond acceptors (Lipinski definition) is 4. The van der Waals surface area contributed by atoms with Crippen molar-refractivity contribution in [2.75, 3.05) is 0 Å². The maximum Gasteiger partial charge on any atom is 0.344 e. The van der Waals surface area contributed by atoms with Crippen molar-refractivity contribution in [1.29, 1.82) is 0 Å². The minimum absolute atomic E-state index is 0.154. The average molecular weight is 345 g/mol. The average Bonchev–Trinajstić information content (AvgIpc) is 2.85. The summed E-state index contributed by atoms with van der Waals surface area (Å²) in [5.74, 6) is -0.542. The van der Waals surface area contributed by atoms with E-state index in [-0.39, 0.29) is 11.5 Å². The number of allylic oxidation sites excluding steroid dienone is 1. The van der Waals surface area contributed by atoms with E-state index in [0.717, 1.165) is 0 Å². The van der Waals surface area contributed by atoms with E-state index in [9.17, 15) is 9.59 Å². The molecule has 1 aliphatic heterocycles. The van der Waals surface area contributed by atoms with Gasteiger partial charge in [-0.15, -0.1) is 0 Å². The van der Waals surface area contributed by atoms with Crippen LogP contribution < -0.4 is 9.47 Å². The lowest BCUT2D eigenvalue weighted by Gasteiger charge is -2.10. The van der Waals surface area contributed by atoms with Gasteiger partial charge in [0.25, 0.3) is 0 Å². The number of carboxylic acid groups (broad SMARTS) is 1. The maximum absolute atomic E-state index is 12.4. The van der Waals surface area contributed by atoms with E-state index >= 15 is 0 Å². The minimum Gasteiger partial charge on any atom is -0.479 e. The molecule has 1 aliphatic rings. The van der Waals surface area contributed by atoms with E-state index in [1.165, 1.54) is 19.1 Å². The summed E-state index contributed by atoms with van der Waals surface area (Å²) in [6.45, 7) is 1.42. The SMILES string of the molecule is C[C@@H](Oc1ccc2c(c1)O/C(=C\c1ccccc1Cl)C2=O)C(=O)O. The number of carboxylic acids is 1. The Bertz CT molecular complexity index is 856. The Balaban J connectivity index is 1.88. The van der Waals surface area contributed by atoms with Crippen LogP contribution >= 0.6 is 11.6 Å². The highest BCUT2D eigenvalue weighted by atomic mass is 35.5. The van der Waals surface area contributed by atoms with Crippen LogP contribution in [0.1, 0.15) is 22.8 Å². The highest BCUT2D eigenvalue weighted by Gasteiger charge is 2.28. The van der Waals surface area contributed by atoms with Gasteiger partial charge in [-0.25, -0.2) is 4.79 Å². The molecule has 5 nitrogen and oxygen atoms in total. The molecule has 0 spiro atoms. The number of fused-ring (bicyclic) bond motifs is 1. The number of halogens is 1. The van der Waals surface area contributed by atoms with Gasteiger partial charge in [0.1, 0.15) is 11.5 Å². The van der Waals surface area contributed by atoms with Gasteiger partial charge in [-0.2, -0.15) is 0 Å². The molecule has 0 aliphatic carbocycles. The zero-order valence-corrected chi connectivity index (χ0v) is 13.4. The summed E-state index contributed by atoms with van der Waals surface area (Å²) in [6.07, 6.45) is 0.573. The van der Waals surface area contributed by atoms with Gasteiger partial charge in [0.05, 0.1) is 5.56 Å². The molecule has 0 aromatic heterocycles. The summed E-state index contributed by atoms with van der Waals surface area (Å²) < 4.78 is 10.9. The zero-order chi connectivity index (χ0) is 17.3. The minimum atomic E-state index is -1.08. The molecular weight excluding hydrogens is 332 g/mol. The lowest BCUT2D eigenvalue weighted by Crippen LogP contribution is -2.22. The molecule has 122 valence electrons. The number of ketones is 1. The first-order chi connectivity index (χ1) is 11.5. The number of ether oxygens (including phenoxy) is 2.